The summed E-state index contributed by atoms with van der Waals surface area (Å²) in [5.74, 6) is -0.757. The molecule has 0 saturated carbocycles. The first-order valence-corrected chi connectivity index (χ1v) is 10.2. The first-order chi connectivity index (χ1) is 15.7. The predicted molar refractivity (Wildman–Crippen MR) is 113 cm³/mol. The number of nitrogens with zero attached hydrogens (tertiary/aromatic N) is 2. The van der Waals surface area contributed by atoms with E-state index in [2.05, 4.69) is 20.1 Å². The van der Waals surface area contributed by atoms with E-state index in [1.807, 2.05) is 10.7 Å². The van der Waals surface area contributed by atoms with Crippen molar-refractivity contribution in [2.24, 2.45) is 0 Å². The monoisotopic (exact) mass is 458 g/mol. The molecular weight excluding hydrogens is 440 g/mol. The highest BCUT2D eigenvalue weighted by Gasteiger charge is 2.31. The molecule has 0 amide bonds. The minimum atomic E-state index is -4.74. The molecule has 0 bridgehead atoms. The molecule has 170 valence electrons. The molecule has 10 heteroatoms. The number of pyridine rings is 1. The number of H-pyrrole nitrogens is 1. The summed E-state index contributed by atoms with van der Waals surface area (Å²) in [6.45, 7) is 2.61. The number of rotatable bonds is 3. The van der Waals surface area contributed by atoms with Crippen molar-refractivity contribution in [1.29, 1.82) is 0 Å². The van der Waals surface area contributed by atoms with Gasteiger partial charge < -0.3 is 15.0 Å². The number of fused-ring (bicyclic) bond motifs is 2. The first kappa shape index (κ1) is 21.2. The van der Waals surface area contributed by atoms with Crippen LogP contribution in [-0.2, 0) is 13.1 Å². The van der Waals surface area contributed by atoms with Crippen LogP contribution in [0.3, 0.4) is 0 Å². The zero-order valence-electron chi connectivity index (χ0n) is 17.3. The summed E-state index contributed by atoms with van der Waals surface area (Å²) < 4.78 is 56.4. The summed E-state index contributed by atoms with van der Waals surface area (Å²) in [7, 11) is 0. The zero-order chi connectivity index (χ0) is 23.3. The highest BCUT2D eigenvalue weighted by molar-refractivity contribution is 5.82. The van der Waals surface area contributed by atoms with Crippen molar-refractivity contribution in [3.63, 3.8) is 0 Å². The molecule has 2 N–H and O–H groups in total. The van der Waals surface area contributed by atoms with Crippen LogP contribution in [0.25, 0.3) is 22.3 Å². The third-order valence-electron chi connectivity index (χ3n) is 5.72. The smallest absolute Gasteiger partial charge is 0.406 e. The second-order valence-corrected chi connectivity index (χ2v) is 7.90. The van der Waals surface area contributed by atoms with Crippen LogP contribution >= 0.6 is 0 Å². The summed E-state index contributed by atoms with van der Waals surface area (Å²) in [5.41, 5.74) is 3.54. The Hall–Kier alpha value is -3.66. The number of aromatic nitrogens is 3. The van der Waals surface area contributed by atoms with Gasteiger partial charge in [0, 0.05) is 23.0 Å². The van der Waals surface area contributed by atoms with Crippen molar-refractivity contribution >= 4 is 10.9 Å². The van der Waals surface area contributed by atoms with Crippen molar-refractivity contribution in [3.05, 3.63) is 81.4 Å². The first-order valence-electron chi connectivity index (χ1n) is 10.2. The second kappa shape index (κ2) is 7.73. The van der Waals surface area contributed by atoms with Gasteiger partial charge in [-0.25, -0.2) is 4.39 Å². The Morgan fingerprint density at radius 1 is 1.12 bits per heavy atom. The lowest BCUT2D eigenvalue weighted by Gasteiger charge is -2.25. The van der Waals surface area contributed by atoms with E-state index in [0.717, 1.165) is 11.3 Å². The maximum Gasteiger partial charge on any atom is 0.573 e. The molecule has 0 aliphatic carbocycles. The van der Waals surface area contributed by atoms with Crippen LogP contribution in [0.4, 0.5) is 17.6 Å². The average Bonchev–Trinajstić information content (AvgIpc) is 3.19. The molecule has 4 aromatic rings. The number of alkyl halides is 3. The molecule has 1 aliphatic rings. The molecule has 0 fully saturated rings. The Kier molecular flexibility index (Phi) is 4.97. The van der Waals surface area contributed by atoms with Gasteiger partial charge in [-0.15, -0.1) is 13.2 Å². The van der Waals surface area contributed by atoms with Gasteiger partial charge >= 0.3 is 6.36 Å². The summed E-state index contributed by atoms with van der Waals surface area (Å²) in [4.78, 5) is 15.9. The summed E-state index contributed by atoms with van der Waals surface area (Å²) in [6.07, 6.45) is -4.74. The number of nitrogens with one attached hydrogen (secondary N) is 2. The van der Waals surface area contributed by atoms with E-state index in [1.54, 1.807) is 19.1 Å². The fourth-order valence-electron chi connectivity index (χ4n) is 4.08. The number of benzene rings is 2. The molecule has 1 aliphatic heterocycles. The quantitative estimate of drug-likeness (QED) is 0.441. The molecule has 33 heavy (non-hydrogen) atoms. The minimum Gasteiger partial charge on any atom is -0.406 e. The number of halogens is 4. The molecule has 2 aromatic heterocycles. The fourth-order valence-corrected chi connectivity index (χ4v) is 4.08. The molecule has 0 spiro atoms. The normalized spacial score (nSPS) is 16.1. The lowest BCUT2D eigenvalue weighted by Crippen LogP contribution is -2.32. The number of ether oxygens (including phenoxy) is 1. The van der Waals surface area contributed by atoms with Gasteiger partial charge in [-0.2, -0.15) is 5.10 Å². The van der Waals surface area contributed by atoms with Gasteiger partial charge in [-0.1, -0.05) is 12.1 Å². The van der Waals surface area contributed by atoms with E-state index in [1.165, 1.54) is 30.3 Å². The predicted octanol–water partition coefficient (Wildman–Crippen LogP) is 4.58. The lowest BCUT2D eigenvalue weighted by molar-refractivity contribution is -0.274. The van der Waals surface area contributed by atoms with Crippen molar-refractivity contribution in [2.75, 3.05) is 0 Å². The van der Waals surface area contributed by atoms with Crippen LogP contribution in [0.15, 0.2) is 53.3 Å². The Labute approximate surface area is 184 Å². The van der Waals surface area contributed by atoms with Gasteiger partial charge in [-0.3, -0.25) is 9.48 Å². The highest BCUT2D eigenvalue weighted by atomic mass is 19.4. The van der Waals surface area contributed by atoms with Gasteiger partial charge in [0.2, 0.25) is 0 Å². The Balaban J connectivity index is 1.43. The van der Waals surface area contributed by atoms with E-state index in [0.29, 0.717) is 35.6 Å². The van der Waals surface area contributed by atoms with Crippen LogP contribution in [0, 0.1) is 12.7 Å². The van der Waals surface area contributed by atoms with Crippen LogP contribution in [0.5, 0.6) is 5.75 Å². The number of aromatic amines is 1. The van der Waals surface area contributed by atoms with Crippen LogP contribution in [-0.4, -0.2) is 21.1 Å². The topological polar surface area (TPSA) is 71.9 Å². The SMILES string of the molecule is Cc1c(-c2cc3n(n2)CC(c2ccc(OC(F)(F)F)cc2)NC3)[nH]c2ccc(F)cc2c1=O. The van der Waals surface area contributed by atoms with E-state index in [4.69, 9.17) is 0 Å². The number of hydrogen-bond acceptors (Lipinski definition) is 4. The second-order valence-electron chi connectivity index (χ2n) is 7.90. The molecular formula is C23H18F4N4O2. The van der Waals surface area contributed by atoms with Gasteiger partial charge in [0.1, 0.15) is 17.3 Å². The minimum absolute atomic E-state index is 0.162. The van der Waals surface area contributed by atoms with Crippen LogP contribution in [0.2, 0.25) is 0 Å². The summed E-state index contributed by atoms with van der Waals surface area (Å²) in [5, 5.41) is 8.27. The third-order valence-corrected chi connectivity index (χ3v) is 5.72. The standard InChI is InChI=1S/C23H18F4N4O2/c1-12-21(29-18-7-4-14(24)8-17(18)22(12)32)19-9-15-10-28-20(11-31(15)30-19)13-2-5-16(6-3-13)33-23(25,26)27/h2-9,20,28H,10-11H2,1H3,(H,29,32). The van der Waals surface area contributed by atoms with Crippen LogP contribution in [0.1, 0.15) is 22.9 Å². The van der Waals surface area contributed by atoms with Crippen molar-refractivity contribution in [3.8, 4) is 17.1 Å². The maximum absolute atomic E-state index is 13.6. The molecule has 1 unspecified atom stereocenters. The zero-order valence-corrected chi connectivity index (χ0v) is 17.3. The van der Waals surface area contributed by atoms with Gasteiger partial charge in [-0.05, 0) is 48.9 Å². The molecule has 2 aromatic carbocycles. The molecule has 1 atom stereocenters. The molecule has 0 saturated heterocycles. The van der Waals surface area contributed by atoms with Crippen molar-refractivity contribution in [1.82, 2.24) is 20.1 Å². The van der Waals surface area contributed by atoms with E-state index >= 15 is 0 Å². The van der Waals surface area contributed by atoms with Gasteiger partial charge in [0.05, 0.1) is 24.0 Å². The van der Waals surface area contributed by atoms with Crippen molar-refractivity contribution < 1.29 is 22.3 Å². The van der Waals surface area contributed by atoms with Crippen LogP contribution < -0.4 is 15.5 Å². The van der Waals surface area contributed by atoms with Crippen molar-refractivity contribution in [2.45, 2.75) is 32.4 Å². The largest absolute Gasteiger partial charge is 0.573 e. The molecule has 6 nitrogen and oxygen atoms in total. The Morgan fingerprint density at radius 2 is 1.88 bits per heavy atom. The van der Waals surface area contributed by atoms with E-state index in [9.17, 15) is 22.4 Å². The molecule has 5 rings (SSSR count). The highest BCUT2D eigenvalue weighted by Crippen LogP contribution is 2.29. The molecule has 3 heterocycles. The fraction of sp³-hybridized carbons (Fsp3) is 0.217. The van der Waals surface area contributed by atoms with Gasteiger partial charge in [0.15, 0.2) is 5.43 Å². The Bertz CT molecular complexity index is 1410. The van der Waals surface area contributed by atoms with E-state index in [-0.39, 0.29) is 22.6 Å². The lowest BCUT2D eigenvalue weighted by atomic mass is 10.0. The van der Waals surface area contributed by atoms with E-state index < -0.39 is 12.2 Å². The molecule has 0 radical (unpaired) electrons. The Morgan fingerprint density at radius 3 is 2.61 bits per heavy atom. The average molecular weight is 458 g/mol. The third kappa shape index (κ3) is 4.09. The van der Waals surface area contributed by atoms with Gasteiger partial charge in [0.25, 0.3) is 0 Å². The maximum atomic E-state index is 13.6. The number of hydrogen-bond donors (Lipinski definition) is 2. The summed E-state index contributed by atoms with van der Waals surface area (Å²) in [6, 6.07) is 11.5. The summed E-state index contributed by atoms with van der Waals surface area (Å²) >= 11 is 0.